The highest BCUT2D eigenvalue weighted by Gasteiger charge is 2.13. The van der Waals surface area contributed by atoms with Crippen molar-refractivity contribution in [2.24, 2.45) is 0 Å². The van der Waals surface area contributed by atoms with Crippen LogP contribution in [-0.4, -0.2) is 20.3 Å². The Balaban J connectivity index is 1.59. The Morgan fingerprint density at radius 3 is 2.88 bits per heavy atom. The number of thiazole rings is 1. The highest BCUT2D eigenvalue weighted by molar-refractivity contribution is 7.16. The Labute approximate surface area is 153 Å². The van der Waals surface area contributed by atoms with Crippen LogP contribution in [0.1, 0.15) is 28.7 Å². The number of pyridine rings is 1. The molecule has 0 fully saturated rings. The lowest BCUT2D eigenvalue weighted by Crippen LogP contribution is -2.12. The summed E-state index contributed by atoms with van der Waals surface area (Å²) in [5.41, 5.74) is 4.46. The SMILES string of the molecule is CCc1nc2ccc(C(=O)Nc3nc(-c4cccs4)cs3)cn2c1C. The second-order valence-electron chi connectivity index (χ2n) is 5.61. The van der Waals surface area contributed by atoms with Crippen molar-refractivity contribution in [1.29, 1.82) is 0 Å². The molecule has 0 unspecified atom stereocenters. The fraction of sp³-hybridized carbons (Fsp3) is 0.167. The fourth-order valence-electron chi connectivity index (χ4n) is 2.72. The normalized spacial score (nSPS) is 11.1. The molecule has 5 nitrogen and oxygen atoms in total. The van der Waals surface area contributed by atoms with Crippen LogP contribution in [-0.2, 0) is 6.42 Å². The molecule has 0 saturated heterocycles. The van der Waals surface area contributed by atoms with Crippen molar-refractivity contribution in [3.63, 3.8) is 0 Å². The molecule has 126 valence electrons. The molecule has 0 spiro atoms. The van der Waals surface area contributed by atoms with Crippen molar-refractivity contribution in [1.82, 2.24) is 14.4 Å². The van der Waals surface area contributed by atoms with Crippen LogP contribution < -0.4 is 5.32 Å². The van der Waals surface area contributed by atoms with Gasteiger partial charge in [-0.05, 0) is 36.9 Å². The largest absolute Gasteiger partial charge is 0.303 e. The van der Waals surface area contributed by atoms with Crippen molar-refractivity contribution in [2.45, 2.75) is 20.3 Å². The standard InChI is InChI=1S/C18H16N4OS2/c1-3-13-11(2)22-9-12(6-7-16(22)19-13)17(23)21-18-20-14(10-25-18)15-5-4-8-24-15/h4-10H,3H2,1-2H3,(H,20,21,23). The number of hydrogen-bond acceptors (Lipinski definition) is 5. The Bertz CT molecular complexity index is 1050. The molecule has 0 saturated carbocycles. The summed E-state index contributed by atoms with van der Waals surface area (Å²) in [7, 11) is 0. The molecule has 0 aliphatic heterocycles. The van der Waals surface area contributed by atoms with Crippen LogP contribution in [0.25, 0.3) is 16.2 Å². The van der Waals surface area contributed by atoms with Gasteiger partial charge >= 0.3 is 0 Å². The molecule has 0 atom stereocenters. The van der Waals surface area contributed by atoms with Crippen LogP contribution in [0.3, 0.4) is 0 Å². The molecule has 0 radical (unpaired) electrons. The van der Waals surface area contributed by atoms with E-state index in [1.54, 1.807) is 17.4 Å². The summed E-state index contributed by atoms with van der Waals surface area (Å²) in [6, 6.07) is 7.68. The van der Waals surface area contributed by atoms with Crippen molar-refractivity contribution in [3.8, 4) is 10.6 Å². The van der Waals surface area contributed by atoms with Gasteiger partial charge < -0.3 is 4.40 Å². The van der Waals surface area contributed by atoms with Crippen molar-refractivity contribution in [3.05, 3.63) is 58.2 Å². The number of thiophene rings is 1. The first-order valence-corrected chi connectivity index (χ1v) is 9.70. The highest BCUT2D eigenvalue weighted by atomic mass is 32.1. The molecule has 4 heterocycles. The van der Waals surface area contributed by atoms with Crippen molar-refractivity contribution < 1.29 is 4.79 Å². The maximum atomic E-state index is 12.6. The molecule has 0 bridgehead atoms. The number of aryl methyl sites for hydroxylation is 2. The van der Waals surface area contributed by atoms with Crippen LogP contribution >= 0.6 is 22.7 Å². The first kappa shape index (κ1) is 16.0. The number of carbonyl (C=O) groups is 1. The first-order valence-electron chi connectivity index (χ1n) is 7.94. The number of rotatable bonds is 4. The molecule has 1 N–H and O–H groups in total. The molecule has 0 aromatic carbocycles. The van der Waals surface area contributed by atoms with Crippen molar-refractivity contribution in [2.75, 3.05) is 5.32 Å². The zero-order chi connectivity index (χ0) is 17.4. The van der Waals surface area contributed by atoms with Gasteiger partial charge in [-0.2, -0.15) is 0 Å². The van der Waals surface area contributed by atoms with E-state index in [4.69, 9.17) is 0 Å². The van der Waals surface area contributed by atoms with Gasteiger partial charge in [0, 0.05) is 17.3 Å². The van der Waals surface area contributed by atoms with E-state index in [-0.39, 0.29) is 5.91 Å². The number of nitrogens with one attached hydrogen (secondary N) is 1. The second kappa shape index (κ2) is 6.42. The fourth-order valence-corrected chi connectivity index (χ4v) is 4.18. The Kier molecular flexibility index (Phi) is 4.10. The monoisotopic (exact) mass is 368 g/mol. The van der Waals surface area contributed by atoms with Gasteiger partial charge in [0.15, 0.2) is 5.13 Å². The Morgan fingerprint density at radius 1 is 1.24 bits per heavy atom. The van der Waals surface area contributed by atoms with Gasteiger partial charge in [-0.1, -0.05) is 13.0 Å². The summed E-state index contributed by atoms with van der Waals surface area (Å²) < 4.78 is 1.96. The van der Waals surface area contributed by atoms with Gasteiger partial charge in [-0.25, -0.2) is 9.97 Å². The molecule has 4 aromatic heterocycles. The number of imidazole rings is 1. The van der Waals surface area contributed by atoms with Crippen LogP contribution in [0.2, 0.25) is 0 Å². The topological polar surface area (TPSA) is 59.3 Å². The highest BCUT2D eigenvalue weighted by Crippen LogP contribution is 2.28. The molecule has 4 aromatic rings. The summed E-state index contributed by atoms with van der Waals surface area (Å²) in [4.78, 5) is 22.7. The number of carbonyl (C=O) groups excluding carboxylic acids is 1. The maximum Gasteiger partial charge on any atom is 0.258 e. The van der Waals surface area contributed by atoms with E-state index in [1.165, 1.54) is 11.3 Å². The van der Waals surface area contributed by atoms with E-state index >= 15 is 0 Å². The lowest BCUT2D eigenvalue weighted by atomic mass is 10.2. The van der Waals surface area contributed by atoms with Gasteiger partial charge in [0.1, 0.15) is 5.65 Å². The first-order chi connectivity index (χ1) is 12.2. The smallest absolute Gasteiger partial charge is 0.258 e. The van der Waals surface area contributed by atoms with Gasteiger partial charge in [-0.3, -0.25) is 10.1 Å². The minimum Gasteiger partial charge on any atom is -0.303 e. The van der Waals surface area contributed by atoms with Gasteiger partial charge in [0.2, 0.25) is 0 Å². The number of amides is 1. The van der Waals surface area contributed by atoms with Gasteiger partial charge in [0.05, 0.1) is 21.8 Å². The third kappa shape index (κ3) is 2.96. The quantitative estimate of drug-likeness (QED) is 0.571. The molecule has 1 amide bonds. The Morgan fingerprint density at radius 2 is 2.12 bits per heavy atom. The van der Waals surface area contributed by atoms with E-state index in [9.17, 15) is 4.79 Å². The zero-order valence-electron chi connectivity index (χ0n) is 13.8. The third-order valence-electron chi connectivity index (χ3n) is 4.05. The third-order valence-corrected chi connectivity index (χ3v) is 5.70. The lowest BCUT2D eigenvalue weighted by Gasteiger charge is -2.03. The second-order valence-corrected chi connectivity index (χ2v) is 7.42. The maximum absolute atomic E-state index is 12.6. The van der Waals surface area contributed by atoms with Crippen LogP contribution in [0, 0.1) is 6.92 Å². The summed E-state index contributed by atoms with van der Waals surface area (Å²) in [5.74, 6) is -0.167. The Hall–Kier alpha value is -2.51. The number of hydrogen-bond donors (Lipinski definition) is 1. The minimum atomic E-state index is -0.167. The van der Waals surface area contributed by atoms with Gasteiger partial charge in [0.25, 0.3) is 5.91 Å². The summed E-state index contributed by atoms with van der Waals surface area (Å²) in [6.45, 7) is 4.10. The zero-order valence-corrected chi connectivity index (χ0v) is 15.4. The summed E-state index contributed by atoms with van der Waals surface area (Å²) in [6.07, 6.45) is 2.71. The number of fused-ring (bicyclic) bond motifs is 1. The molecule has 7 heteroatoms. The lowest BCUT2D eigenvalue weighted by molar-refractivity contribution is 0.102. The van der Waals surface area contributed by atoms with E-state index < -0.39 is 0 Å². The predicted molar refractivity (Wildman–Crippen MR) is 103 cm³/mol. The van der Waals surface area contributed by atoms with Crippen LogP contribution in [0.5, 0.6) is 0 Å². The molecular weight excluding hydrogens is 352 g/mol. The number of nitrogens with zero attached hydrogens (tertiary/aromatic N) is 3. The van der Waals surface area contributed by atoms with Gasteiger partial charge in [-0.15, -0.1) is 22.7 Å². The predicted octanol–water partition coefficient (Wildman–Crippen LogP) is 4.64. The van der Waals surface area contributed by atoms with Crippen LogP contribution in [0.4, 0.5) is 5.13 Å². The molecular formula is C18H16N4OS2. The molecule has 25 heavy (non-hydrogen) atoms. The van der Waals surface area contributed by atoms with E-state index in [2.05, 4.69) is 22.2 Å². The molecule has 4 rings (SSSR count). The number of aromatic nitrogens is 3. The van der Waals surface area contributed by atoms with E-state index in [1.807, 2.05) is 46.5 Å². The van der Waals surface area contributed by atoms with Crippen molar-refractivity contribution >= 4 is 39.4 Å². The number of anilines is 1. The summed E-state index contributed by atoms with van der Waals surface area (Å²) >= 11 is 3.06. The molecule has 0 aliphatic carbocycles. The van der Waals surface area contributed by atoms with E-state index in [0.717, 1.165) is 34.0 Å². The minimum absolute atomic E-state index is 0.167. The van der Waals surface area contributed by atoms with E-state index in [0.29, 0.717) is 10.7 Å². The average Bonchev–Trinajstić information content (AvgIpc) is 3.34. The van der Waals surface area contributed by atoms with Crippen LogP contribution in [0.15, 0.2) is 41.2 Å². The summed E-state index contributed by atoms with van der Waals surface area (Å²) in [5, 5.41) is 7.46. The average molecular weight is 368 g/mol. The molecule has 0 aliphatic rings.